The predicted molar refractivity (Wildman–Crippen MR) is 121 cm³/mol. The van der Waals surface area contributed by atoms with Crippen molar-refractivity contribution in [2.24, 2.45) is 5.73 Å². The van der Waals surface area contributed by atoms with E-state index in [9.17, 15) is 14.4 Å². The molecular weight excluding hydrogens is 412 g/mol. The molecule has 2 aliphatic rings. The van der Waals surface area contributed by atoms with Gasteiger partial charge in [0.1, 0.15) is 5.00 Å². The molecule has 1 aliphatic carbocycles. The van der Waals surface area contributed by atoms with Crippen molar-refractivity contribution in [1.82, 2.24) is 9.80 Å². The van der Waals surface area contributed by atoms with Crippen LogP contribution in [0.5, 0.6) is 0 Å². The average molecular weight is 441 g/mol. The highest BCUT2D eigenvalue weighted by Gasteiger charge is 2.27. The molecule has 1 saturated heterocycles. The molecule has 31 heavy (non-hydrogen) atoms. The first-order valence-corrected chi connectivity index (χ1v) is 11.5. The zero-order valence-electron chi connectivity index (χ0n) is 17.8. The van der Waals surface area contributed by atoms with E-state index in [0.29, 0.717) is 43.2 Å². The first-order chi connectivity index (χ1) is 14.9. The van der Waals surface area contributed by atoms with Crippen molar-refractivity contribution < 1.29 is 14.4 Å². The van der Waals surface area contributed by atoms with Gasteiger partial charge >= 0.3 is 0 Å². The van der Waals surface area contributed by atoms with Crippen LogP contribution >= 0.6 is 11.3 Å². The minimum Gasteiger partial charge on any atom is -0.365 e. The van der Waals surface area contributed by atoms with Gasteiger partial charge in [0.25, 0.3) is 5.91 Å². The monoisotopic (exact) mass is 440 g/mol. The van der Waals surface area contributed by atoms with Crippen molar-refractivity contribution in [2.75, 3.05) is 38.0 Å². The van der Waals surface area contributed by atoms with E-state index in [-0.39, 0.29) is 18.4 Å². The summed E-state index contributed by atoms with van der Waals surface area (Å²) in [5, 5.41) is 3.47. The van der Waals surface area contributed by atoms with Gasteiger partial charge in [-0.2, -0.15) is 0 Å². The number of carbonyl (C=O) groups excluding carboxylic acids is 3. The van der Waals surface area contributed by atoms with Gasteiger partial charge in [-0.15, -0.1) is 11.3 Å². The summed E-state index contributed by atoms with van der Waals surface area (Å²) in [6.07, 6.45) is 3.22. The van der Waals surface area contributed by atoms with Crippen LogP contribution in [0.4, 0.5) is 5.00 Å². The number of carbonyl (C=O) groups is 3. The van der Waals surface area contributed by atoms with Gasteiger partial charge in [0.2, 0.25) is 11.8 Å². The van der Waals surface area contributed by atoms with Crippen LogP contribution in [0.3, 0.4) is 0 Å². The number of rotatable bonds is 6. The number of thiophene rings is 1. The molecule has 1 aliphatic heterocycles. The second kappa shape index (κ2) is 9.20. The van der Waals surface area contributed by atoms with E-state index in [2.05, 4.69) is 5.32 Å². The van der Waals surface area contributed by atoms with Crippen LogP contribution < -0.4 is 11.1 Å². The van der Waals surface area contributed by atoms with E-state index < -0.39 is 5.91 Å². The van der Waals surface area contributed by atoms with Crippen molar-refractivity contribution in [3.05, 3.63) is 51.4 Å². The summed E-state index contributed by atoms with van der Waals surface area (Å²) in [6, 6.07) is 8.03. The van der Waals surface area contributed by atoms with Crippen molar-refractivity contribution in [3.8, 4) is 0 Å². The van der Waals surface area contributed by atoms with E-state index in [1.54, 1.807) is 0 Å². The summed E-state index contributed by atoms with van der Waals surface area (Å²) in [5.41, 5.74) is 9.26. The van der Waals surface area contributed by atoms with Crippen molar-refractivity contribution >= 4 is 34.1 Å². The van der Waals surface area contributed by atoms with E-state index in [0.717, 1.165) is 35.3 Å². The maximum Gasteiger partial charge on any atom is 0.251 e. The largest absolute Gasteiger partial charge is 0.365 e. The first-order valence-electron chi connectivity index (χ1n) is 10.7. The number of nitrogens with one attached hydrogen (secondary N) is 1. The Morgan fingerprint density at radius 3 is 2.45 bits per heavy atom. The molecule has 3 amide bonds. The van der Waals surface area contributed by atoms with E-state index in [1.165, 1.54) is 16.9 Å². The number of anilines is 1. The van der Waals surface area contributed by atoms with Crippen LogP contribution in [0.1, 0.15) is 38.3 Å². The van der Waals surface area contributed by atoms with Crippen LogP contribution in [-0.4, -0.2) is 60.2 Å². The van der Waals surface area contributed by atoms with Crippen LogP contribution in [0.15, 0.2) is 24.3 Å². The number of nitrogens with two attached hydrogens (primary N) is 1. The Kier molecular flexibility index (Phi) is 6.38. The molecule has 2 aromatic rings. The molecule has 0 unspecified atom stereocenters. The Balaban J connectivity index is 1.27. The molecular formula is C23H28N4O3S. The quantitative estimate of drug-likeness (QED) is 0.718. The zero-order valence-corrected chi connectivity index (χ0v) is 18.6. The topological polar surface area (TPSA) is 95.7 Å². The Hall–Kier alpha value is -2.71. The summed E-state index contributed by atoms with van der Waals surface area (Å²) in [7, 11) is 0. The van der Waals surface area contributed by atoms with Crippen LogP contribution in [0, 0.1) is 6.92 Å². The molecule has 164 valence electrons. The Bertz CT molecular complexity index is 991. The van der Waals surface area contributed by atoms with Gasteiger partial charge in [0.05, 0.1) is 18.5 Å². The average Bonchev–Trinajstić information content (AvgIpc) is 3.30. The molecule has 3 N–H and O–H groups in total. The van der Waals surface area contributed by atoms with Gasteiger partial charge in [-0.25, -0.2) is 0 Å². The summed E-state index contributed by atoms with van der Waals surface area (Å²) in [6.45, 7) is 4.78. The number of primary amides is 1. The molecule has 1 fully saturated rings. The van der Waals surface area contributed by atoms with Crippen molar-refractivity contribution in [3.63, 3.8) is 0 Å². The molecule has 1 aromatic carbocycles. The number of amides is 3. The standard InChI is InChI=1S/C23H28N4O3S/c1-15-5-7-16(8-6-15)13-20(29)27-11-9-26(10-12-27)14-19(28)25-23-21(22(24)30)17-3-2-4-18(17)31-23/h5-8H,2-4,9-14H2,1H3,(H2,24,30)(H,25,28). The third-order valence-corrected chi connectivity index (χ3v) is 7.20. The smallest absolute Gasteiger partial charge is 0.251 e. The van der Waals surface area contributed by atoms with Gasteiger partial charge < -0.3 is 16.0 Å². The van der Waals surface area contributed by atoms with Gasteiger partial charge in [-0.1, -0.05) is 29.8 Å². The molecule has 0 radical (unpaired) electrons. The second-order valence-corrected chi connectivity index (χ2v) is 9.40. The fraction of sp³-hybridized carbons (Fsp3) is 0.435. The lowest BCUT2D eigenvalue weighted by atomic mass is 10.1. The Labute approximate surface area is 186 Å². The van der Waals surface area contributed by atoms with E-state index in [4.69, 9.17) is 5.73 Å². The van der Waals surface area contributed by atoms with Gasteiger partial charge in [-0.3, -0.25) is 19.3 Å². The highest BCUT2D eigenvalue weighted by atomic mass is 32.1. The normalized spacial score (nSPS) is 16.2. The minimum absolute atomic E-state index is 0.118. The first kappa shape index (κ1) is 21.5. The molecule has 0 atom stereocenters. The highest BCUT2D eigenvalue weighted by Crippen LogP contribution is 2.38. The maximum absolute atomic E-state index is 12.6. The predicted octanol–water partition coefficient (Wildman–Crippen LogP) is 1.97. The third-order valence-electron chi connectivity index (χ3n) is 5.99. The van der Waals surface area contributed by atoms with Gasteiger partial charge in [0.15, 0.2) is 0 Å². The van der Waals surface area contributed by atoms with Crippen LogP contribution in [0.25, 0.3) is 0 Å². The highest BCUT2D eigenvalue weighted by molar-refractivity contribution is 7.17. The molecule has 2 heterocycles. The van der Waals surface area contributed by atoms with E-state index in [1.807, 2.05) is 41.0 Å². The molecule has 0 spiro atoms. The molecule has 1 aromatic heterocycles. The van der Waals surface area contributed by atoms with Crippen molar-refractivity contribution in [1.29, 1.82) is 0 Å². The molecule has 0 saturated carbocycles. The number of hydrogen-bond donors (Lipinski definition) is 2. The van der Waals surface area contributed by atoms with Crippen molar-refractivity contribution in [2.45, 2.75) is 32.6 Å². The zero-order chi connectivity index (χ0) is 22.0. The fourth-order valence-electron chi connectivity index (χ4n) is 4.27. The SMILES string of the molecule is Cc1ccc(CC(=O)N2CCN(CC(=O)Nc3sc4c(c3C(N)=O)CCC4)CC2)cc1. The lowest BCUT2D eigenvalue weighted by Crippen LogP contribution is -2.50. The molecule has 8 heteroatoms. The molecule has 0 bridgehead atoms. The second-order valence-electron chi connectivity index (χ2n) is 8.29. The fourth-order valence-corrected chi connectivity index (χ4v) is 5.58. The number of fused-ring (bicyclic) bond motifs is 1. The Morgan fingerprint density at radius 1 is 1.06 bits per heavy atom. The minimum atomic E-state index is -0.476. The summed E-state index contributed by atoms with van der Waals surface area (Å²) in [4.78, 5) is 42.1. The van der Waals surface area contributed by atoms with Gasteiger partial charge in [-0.05, 0) is 37.3 Å². The summed E-state index contributed by atoms with van der Waals surface area (Å²) >= 11 is 1.47. The maximum atomic E-state index is 12.6. The third kappa shape index (κ3) is 4.97. The Morgan fingerprint density at radius 2 is 1.77 bits per heavy atom. The summed E-state index contributed by atoms with van der Waals surface area (Å²) in [5.74, 6) is -0.510. The van der Waals surface area contributed by atoms with E-state index >= 15 is 0 Å². The van der Waals surface area contributed by atoms with Gasteiger partial charge in [0, 0.05) is 31.1 Å². The number of nitrogens with zero attached hydrogens (tertiary/aromatic N) is 2. The molecule has 7 nitrogen and oxygen atoms in total. The lowest BCUT2D eigenvalue weighted by Gasteiger charge is -2.34. The number of hydrogen-bond acceptors (Lipinski definition) is 5. The lowest BCUT2D eigenvalue weighted by molar-refractivity contribution is -0.132. The number of aryl methyl sites for hydroxylation is 2. The van der Waals surface area contributed by atoms with Crippen LogP contribution in [0.2, 0.25) is 0 Å². The number of piperazine rings is 1. The molecule has 4 rings (SSSR count). The number of benzene rings is 1. The summed E-state index contributed by atoms with van der Waals surface area (Å²) < 4.78 is 0. The van der Waals surface area contributed by atoms with Crippen LogP contribution in [-0.2, 0) is 28.9 Å².